The zero-order valence-corrected chi connectivity index (χ0v) is 8.89. The molecule has 0 spiro atoms. The minimum atomic E-state index is -0.232. The summed E-state index contributed by atoms with van der Waals surface area (Å²) < 4.78 is 5.06. The van der Waals surface area contributed by atoms with Gasteiger partial charge >= 0.3 is 0 Å². The highest BCUT2D eigenvalue weighted by molar-refractivity contribution is 8.00. The number of carbonyl (C=O) groups excluding carboxylic acids is 1. The van der Waals surface area contributed by atoms with Crippen LogP contribution in [0.1, 0.15) is 12.8 Å². The van der Waals surface area contributed by atoms with Crippen molar-refractivity contribution in [3.63, 3.8) is 0 Å². The molecule has 0 aromatic carbocycles. The van der Waals surface area contributed by atoms with Crippen LogP contribution in [-0.4, -0.2) is 42.2 Å². The van der Waals surface area contributed by atoms with Gasteiger partial charge < -0.3 is 15.8 Å². The number of carbonyl (C=O) groups is 1. The van der Waals surface area contributed by atoms with Crippen LogP contribution in [0.3, 0.4) is 0 Å². The number of hydrogen-bond acceptors (Lipinski definition) is 4. The topological polar surface area (TPSA) is 64.4 Å². The molecular weight excluding hydrogens is 200 g/mol. The predicted molar refractivity (Wildman–Crippen MR) is 56.2 cm³/mol. The minimum absolute atomic E-state index is 0.159. The van der Waals surface area contributed by atoms with Crippen molar-refractivity contribution in [1.82, 2.24) is 5.32 Å². The lowest BCUT2D eigenvalue weighted by Gasteiger charge is -2.26. The first-order valence-electron chi connectivity index (χ1n) is 5.00. The maximum absolute atomic E-state index is 11.1. The van der Waals surface area contributed by atoms with Crippen LogP contribution in [0.2, 0.25) is 0 Å². The van der Waals surface area contributed by atoms with Gasteiger partial charge in [-0.1, -0.05) is 0 Å². The van der Waals surface area contributed by atoms with E-state index in [1.807, 2.05) is 0 Å². The van der Waals surface area contributed by atoms with E-state index in [1.165, 1.54) is 12.8 Å². The van der Waals surface area contributed by atoms with Crippen molar-refractivity contribution < 1.29 is 9.53 Å². The summed E-state index contributed by atoms with van der Waals surface area (Å²) in [6.07, 6.45) is 2.36. The number of thioether (sulfide) groups is 1. The summed E-state index contributed by atoms with van der Waals surface area (Å²) in [5.74, 6) is 0.546. The Hall–Kier alpha value is -0.260. The fourth-order valence-electron chi connectivity index (χ4n) is 1.29. The van der Waals surface area contributed by atoms with Crippen molar-refractivity contribution in [1.29, 1.82) is 0 Å². The van der Waals surface area contributed by atoms with E-state index in [9.17, 15) is 4.79 Å². The van der Waals surface area contributed by atoms with E-state index in [0.717, 1.165) is 19.0 Å². The highest BCUT2D eigenvalue weighted by Gasteiger charge is 2.28. The van der Waals surface area contributed by atoms with E-state index in [0.29, 0.717) is 11.3 Å². The lowest BCUT2D eigenvalue weighted by molar-refractivity contribution is -0.119. The average Bonchev–Trinajstić information content (AvgIpc) is 2.82. The highest BCUT2D eigenvalue weighted by atomic mass is 32.2. The molecule has 1 aliphatic heterocycles. The summed E-state index contributed by atoms with van der Waals surface area (Å²) in [4.78, 5) is 11.1. The van der Waals surface area contributed by atoms with Gasteiger partial charge in [-0.3, -0.25) is 4.79 Å². The van der Waals surface area contributed by atoms with Crippen molar-refractivity contribution >= 4 is 17.7 Å². The van der Waals surface area contributed by atoms with Gasteiger partial charge in [0.1, 0.15) is 0 Å². The van der Waals surface area contributed by atoms with Gasteiger partial charge in [0, 0.05) is 11.8 Å². The molecule has 80 valence electrons. The number of primary amides is 1. The first kappa shape index (κ1) is 10.3. The molecule has 2 aliphatic rings. The maximum atomic E-state index is 11.1. The second-order valence-electron chi connectivity index (χ2n) is 3.89. The van der Waals surface area contributed by atoms with Gasteiger partial charge in [0.25, 0.3) is 0 Å². The average molecular weight is 216 g/mol. The Balaban J connectivity index is 1.68. The molecule has 14 heavy (non-hydrogen) atoms. The van der Waals surface area contributed by atoms with Crippen LogP contribution in [0.4, 0.5) is 0 Å². The van der Waals surface area contributed by atoms with Gasteiger partial charge in [-0.2, -0.15) is 11.8 Å². The first-order chi connectivity index (χ1) is 6.75. The molecule has 1 unspecified atom stereocenters. The number of nitrogens with two attached hydrogens (primary N) is 1. The summed E-state index contributed by atoms with van der Waals surface area (Å²) >= 11 is 1.78. The predicted octanol–water partition coefficient (Wildman–Crippen LogP) is -0.276. The third-order valence-electron chi connectivity index (χ3n) is 2.46. The number of hydrogen-bond donors (Lipinski definition) is 2. The van der Waals surface area contributed by atoms with Gasteiger partial charge in [0.15, 0.2) is 0 Å². The van der Waals surface area contributed by atoms with Crippen LogP contribution >= 0.6 is 11.8 Å². The molecule has 5 heteroatoms. The molecule has 2 fully saturated rings. The Morgan fingerprint density at radius 1 is 1.57 bits per heavy atom. The van der Waals surface area contributed by atoms with Gasteiger partial charge in [0.2, 0.25) is 5.91 Å². The maximum Gasteiger partial charge on any atom is 0.235 e. The van der Waals surface area contributed by atoms with E-state index in [-0.39, 0.29) is 11.9 Å². The Labute approximate surface area is 87.9 Å². The third kappa shape index (κ3) is 2.87. The lowest BCUT2D eigenvalue weighted by Crippen LogP contribution is -2.45. The molecule has 1 saturated heterocycles. The van der Waals surface area contributed by atoms with Crippen LogP contribution in [-0.2, 0) is 9.53 Å². The fourth-order valence-corrected chi connectivity index (χ4v) is 2.40. The molecule has 0 radical (unpaired) electrons. The summed E-state index contributed by atoms with van der Waals surface area (Å²) in [5, 5.41) is 3.83. The van der Waals surface area contributed by atoms with E-state index < -0.39 is 0 Å². The quantitative estimate of drug-likeness (QED) is 0.641. The summed E-state index contributed by atoms with van der Waals surface area (Å²) in [6, 6.07) is 0.374. The number of nitrogens with one attached hydrogen (secondary N) is 1. The molecule has 1 atom stereocenters. The smallest absolute Gasteiger partial charge is 0.235 e. The van der Waals surface area contributed by atoms with E-state index in [1.54, 1.807) is 11.8 Å². The SMILES string of the molecule is NC(=O)C(CSC1COC1)NC1CC1. The first-order valence-corrected chi connectivity index (χ1v) is 6.05. The zero-order chi connectivity index (χ0) is 9.97. The molecule has 4 nitrogen and oxygen atoms in total. The van der Waals surface area contributed by atoms with Gasteiger partial charge in [-0.05, 0) is 12.8 Å². The zero-order valence-electron chi connectivity index (χ0n) is 8.07. The van der Waals surface area contributed by atoms with Crippen molar-refractivity contribution in [2.45, 2.75) is 30.2 Å². The van der Waals surface area contributed by atoms with Crippen LogP contribution in [0.5, 0.6) is 0 Å². The van der Waals surface area contributed by atoms with Gasteiger partial charge in [-0.15, -0.1) is 0 Å². The van der Waals surface area contributed by atoms with Crippen LogP contribution in [0.15, 0.2) is 0 Å². The number of amides is 1. The minimum Gasteiger partial charge on any atom is -0.379 e. The van der Waals surface area contributed by atoms with E-state index in [4.69, 9.17) is 10.5 Å². The third-order valence-corrected chi connectivity index (χ3v) is 3.73. The van der Waals surface area contributed by atoms with Crippen molar-refractivity contribution in [2.75, 3.05) is 19.0 Å². The Kier molecular flexibility index (Phi) is 3.30. The molecular formula is C9H16N2O2S. The molecule has 0 aromatic rings. The molecule has 2 rings (SSSR count). The normalized spacial score (nSPS) is 24.3. The molecule has 0 bridgehead atoms. The molecule has 1 amide bonds. The summed E-state index contributed by atoms with van der Waals surface area (Å²) in [5.41, 5.74) is 5.31. The monoisotopic (exact) mass is 216 g/mol. The number of ether oxygens (including phenoxy) is 1. The molecule has 1 heterocycles. The van der Waals surface area contributed by atoms with Crippen molar-refractivity contribution in [2.24, 2.45) is 5.73 Å². The van der Waals surface area contributed by atoms with Crippen LogP contribution in [0, 0.1) is 0 Å². The molecule has 1 saturated carbocycles. The molecule has 0 aromatic heterocycles. The van der Waals surface area contributed by atoms with Gasteiger partial charge in [-0.25, -0.2) is 0 Å². The summed E-state index contributed by atoms with van der Waals surface area (Å²) in [6.45, 7) is 1.64. The van der Waals surface area contributed by atoms with Crippen LogP contribution < -0.4 is 11.1 Å². The van der Waals surface area contributed by atoms with Crippen molar-refractivity contribution in [3.8, 4) is 0 Å². The van der Waals surface area contributed by atoms with E-state index >= 15 is 0 Å². The lowest BCUT2D eigenvalue weighted by atomic mass is 10.3. The highest BCUT2D eigenvalue weighted by Crippen LogP contribution is 2.23. The second-order valence-corrected chi connectivity index (χ2v) is 5.22. The largest absolute Gasteiger partial charge is 0.379 e. The van der Waals surface area contributed by atoms with Crippen LogP contribution in [0.25, 0.3) is 0 Å². The number of rotatable bonds is 6. The Morgan fingerprint density at radius 3 is 2.71 bits per heavy atom. The summed E-state index contributed by atoms with van der Waals surface area (Å²) in [7, 11) is 0. The molecule has 3 N–H and O–H groups in total. The molecule has 1 aliphatic carbocycles. The van der Waals surface area contributed by atoms with Gasteiger partial charge in [0.05, 0.1) is 24.5 Å². The Bertz CT molecular complexity index is 217. The fraction of sp³-hybridized carbons (Fsp3) is 0.889. The van der Waals surface area contributed by atoms with E-state index in [2.05, 4.69) is 5.32 Å². The second kappa shape index (κ2) is 4.51. The Morgan fingerprint density at radius 2 is 2.29 bits per heavy atom. The standard InChI is InChI=1S/C9H16N2O2S/c10-9(12)8(11-6-1-2-6)5-14-7-3-13-4-7/h6-8,11H,1-5H2,(H2,10,12). The van der Waals surface area contributed by atoms with Crippen molar-refractivity contribution in [3.05, 3.63) is 0 Å².